The Morgan fingerprint density at radius 3 is 2.27 bits per heavy atom. The van der Waals surface area contributed by atoms with Crippen molar-refractivity contribution >= 4 is 40.9 Å². The molecule has 1 aliphatic heterocycles. The molecule has 0 saturated carbocycles. The fourth-order valence-electron chi connectivity index (χ4n) is 3.21. The van der Waals surface area contributed by atoms with Crippen LogP contribution in [0.15, 0.2) is 66.0 Å². The molecule has 9 nitrogen and oxygen atoms in total. The van der Waals surface area contributed by atoms with Gasteiger partial charge in [-0.15, -0.1) is 11.3 Å². The third kappa shape index (κ3) is 4.80. The van der Waals surface area contributed by atoms with Crippen molar-refractivity contribution in [2.75, 3.05) is 6.61 Å². The van der Waals surface area contributed by atoms with E-state index in [1.165, 1.54) is 23.5 Å². The van der Waals surface area contributed by atoms with Gasteiger partial charge in [-0.05, 0) is 41.3 Å². The van der Waals surface area contributed by atoms with Crippen LogP contribution in [0, 0.1) is 0 Å². The topological polar surface area (TPSA) is 122 Å². The zero-order valence-electron chi connectivity index (χ0n) is 17.1. The SMILES string of the molecule is O=C(COC(=O)c1cccc(CN2C(=O)c3ccccc3C2=O)c1)NNC(=O)c1cccs1. The summed E-state index contributed by atoms with van der Waals surface area (Å²) in [6.45, 7) is -0.616. The van der Waals surface area contributed by atoms with E-state index in [1.807, 2.05) is 0 Å². The minimum absolute atomic E-state index is 0.0112. The number of fused-ring (bicyclic) bond motifs is 1. The molecule has 2 aromatic carbocycles. The minimum atomic E-state index is -0.765. The monoisotopic (exact) mass is 463 g/mol. The highest BCUT2D eigenvalue weighted by Crippen LogP contribution is 2.24. The maximum atomic E-state index is 12.5. The minimum Gasteiger partial charge on any atom is -0.452 e. The van der Waals surface area contributed by atoms with Crippen LogP contribution in [0.4, 0.5) is 0 Å². The van der Waals surface area contributed by atoms with E-state index in [2.05, 4.69) is 10.9 Å². The summed E-state index contributed by atoms with van der Waals surface area (Å²) in [5.41, 5.74) is 5.78. The van der Waals surface area contributed by atoms with Crippen LogP contribution in [0.25, 0.3) is 0 Å². The molecular formula is C23H17N3O6S. The lowest BCUT2D eigenvalue weighted by Crippen LogP contribution is -2.43. The van der Waals surface area contributed by atoms with Gasteiger partial charge >= 0.3 is 5.97 Å². The Morgan fingerprint density at radius 1 is 0.879 bits per heavy atom. The summed E-state index contributed by atoms with van der Waals surface area (Å²) in [7, 11) is 0. The van der Waals surface area contributed by atoms with E-state index in [0.29, 0.717) is 21.6 Å². The summed E-state index contributed by atoms with van der Waals surface area (Å²) in [6, 6.07) is 16.1. The Labute approximate surface area is 191 Å². The predicted octanol–water partition coefficient (Wildman–Crippen LogP) is 2.16. The standard InChI is InChI=1S/C23H17N3O6S/c27-19(24-25-20(28)18-9-4-10-33-18)13-32-23(31)15-6-3-5-14(11-15)12-26-21(29)16-7-1-2-8-17(16)22(26)30/h1-11H,12-13H2,(H,24,27)(H,25,28). The van der Waals surface area contributed by atoms with Crippen LogP contribution >= 0.6 is 11.3 Å². The number of carbonyl (C=O) groups is 5. The molecule has 0 spiro atoms. The van der Waals surface area contributed by atoms with E-state index in [-0.39, 0.29) is 12.1 Å². The first-order valence-corrected chi connectivity index (χ1v) is 10.7. The molecule has 33 heavy (non-hydrogen) atoms. The number of carbonyl (C=O) groups excluding carboxylic acids is 5. The molecule has 4 amide bonds. The number of amides is 4. The second-order valence-electron chi connectivity index (χ2n) is 7.00. The van der Waals surface area contributed by atoms with Crippen LogP contribution in [0.2, 0.25) is 0 Å². The number of benzene rings is 2. The Hall–Kier alpha value is -4.31. The summed E-state index contributed by atoms with van der Waals surface area (Å²) < 4.78 is 4.98. The summed E-state index contributed by atoms with van der Waals surface area (Å²) in [5.74, 6) is -2.75. The second-order valence-corrected chi connectivity index (χ2v) is 7.95. The molecule has 10 heteroatoms. The van der Waals surface area contributed by atoms with Crippen LogP contribution in [-0.2, 0) is 16.1 Å². The molecule has 0 atom stereocenters. The van der Waals surface area contributed by atoms with Gasteiger partial charge in [-0.1, -0.05) is 30.3 Å². The highest BCUT2D eigenvalue weighted by molar-refractivity contribution is 7.12. The number of nitrogens with one attached hydrogen (secondary N) is 2. The van der Waals surface area contributed by atoms with Crippen molar-refractivity contribution in [2.24, 2.45) is 0 Å². The summed E-state index contributed by atoms with van der Waals surface area (Å²) >= 11 is 1.21. The summed E-state index contributed by atoms with van der Waals surface area (Å²) in [4.78, 5) is 62.6. The van der Waals surface area contributed by atoms with E-state index in [0.717, 1.165) is 4.90 Å². The van der Waals surface area contributed by atoms with Gasteiger partial charge in [-0.25, -0.2) is 4.79 Å². The van der Waals surface area contributed by atoms with Gasteiger partial charge in [-0.3, -0.25) is 34.9 Å². The van der Waals surface area contributed by atoms with E-state index >= 15 is 0 Å². The Bertz CT molecular complexity index is 1220. The molecule has 1 aliphatic rings. The molecule has 166 valence electrons. The number of thiophene rings is 1. The van der Waals surface area contributed by atoms with Gasteiger partial charge in [0.1, 0.15) is 0 Å². The number of hydrogen-bond acceptors (Lipinski definition) is 7. The molecule has 3 aromatic rings. The molecule has 0 aliphatic carbocycles. The van der Waals surface area contributed by atoms with Crippen molar-refractivity contribution in [3.63, 3.8) is 0 Å². The maximum absolute atomic E-state index is 12.5. The largest absolute Gasteiger partial charge is 0.452 e. The van der Waals surface area contributed by atoms with Crippen LogP contribution in [-0.4, -0.2) is 41.1 Å². The maximum Gasteiger partial charge on any atom is 0.338 e. The highest BCUT2D eigenvalue weighted by Gasteiger charge is 2.35. The highest BCUT2D eigenvalue weighted by atomic mass is 32.1. The molecule has 1 aromatic heterocycles. The van der Waals surface area contributed by atoms with Crippen molar-refractivity contribution in [1.82, 2.24) is 15.8 Å². The van der Waals surface area contributed by atoms with Crippen molar-refractivity contribution in [3.05, 3.63) is 93.2 Å². The molecule has 2 N–H and O–H groups in total. The van der Waals surface area contributed by atoms with Gasteiger partial charge in [0.25, 0.3) is 23.6 Å². The van der Waals surface area contributed by atoms with E-state index in [1.54, 1.807) is 53.9 Å². The van der Waals surface area contributed by atoms with Crippen molar-refractivity contribution in [2.45, 2.75) is 6.54 Å². The Morgan fingerprint density at radius 2 is 1.61 bits per heavy atom. The molecule has 0 bridgehead atoms. The van der Waals surface area contributed by atoms with Gasteiger partial charge in [0.2, 0.25) is 0 Å². The Balaban J connectivity index is 1.32. The first kappa shape index (κ1) is 21.9. The second kappa shape index (κ2) is 9.45. The van der Waals surface area contributed by atoms with Gasteiger partial charge in [0, 0.05) is 0 Å². The zero-order valence-corrected chi connectivity index (χ0v) is 17.9. The van der Waals surface area contributed by atoms with E-state index in [4.69, 9.17) is 4.74 Å². The molecule has 0 unspecified atom stereocenters. The summed E-state index contributed by atoms with van der Waals surface area (Å²) in [5, 5.41) is 1.72. The number of nitrogens with zero attached hydrogens (tertiary/aromatic N) is 1. The van der Waals surface area contributed by atoms with Gasteiger partial charge in [0.15, 0.2) is 6.61 Å². The third-order valence-electron chi connectivity index (χ3n) is 4.78. The number of hydrazine groups is 1. The van der Waals surface area contributed by atoms with Crippen LogP contribution in [0.3, 0.4) is 0 Å². The lowest BCUT2D eigenvalue weighted by molar-refractivity contribution is -0.125. The van der Waals surface area contributed by atoms with Crippen molar-refractivity contribution in [1.29, 1.82) is 0 Å². The number of hydrogen-bond donors (Lipinski definition) is 2. The third-order valence-corrected chi connectivity index (χ3v) is 5.64. The molecule has 2 heterocycles. The number of imide groups is 1. The fraction of sp³-hybridized carbons (Fsp3) is 0.0870. The van der Waals surface area contributed by atoms with Crippen LogP contribution in [0.5, 0.6) is 0 Å². The normalized spacial score (nSPS) is 12.3. The average molecular weight is 463 g/mol. The first-order chi connectivity index (χ1) is 15.9. The predicted molar refractivity (Wildman–Crippen MR) is 117 cm³/mol. The van der Waals surface area contributed by atoms with Crippen LogP contribution < -0.4 is 10.9 Å². The average Bonchev–Trinajstić information content (AvgIpc) is 3.45. The Kier molecular flexibility index (Phi) is 6.27. The van der Waals surface area contributed by atoms with E-state index < -0.39 is 36.2 Å². The lowest BCUT2D eigenvalue weighted by atomic mass is 10.1. The molecule has 4 rings (SSSR count). The summed E-state index contributed by atoms with van der Waals surface area (Å²) in [6.07, 6.45) is 0. The number of ether oxygens (including phenoxy) is 1. The molecule has 0 saturated heterocycles. The van der Waals surface area contributed by atoms with E-state index in [9.17, 15) is 24.0 Å². The van der Waals surface area contributed by atoms with Crippen molar-refractivity contribution < 1.29 is 28.7 Å². The van der Waals surface area contributed by atoms with Crippen LogP contribution in [0.1, 0.15) is 46.3 Å². The number of esters is 1. The molecule has 0 radical (unpaired) electrons. The fourth-order valence-corrected chi connectivity index (χ4v) is 3.83. The van der Waals surface area contributed by atoms with Gasteiger partial charge in [0.05, 0.1) is 28.1 Å². The first-order valence-electron chi connectivity index (χ1n) is 9.78. The molecular weight excluding hydrogens is 446 g/mol. The van der Waals surface area contributed by atoms with Gasteiger partial charge in [-0.2, -0.15) is 0 Å². The smallest absolute Gasteiger partial charge is 0.338 e. The molecule has 0 fully saturated rings. The van der Waals surface area contributed by atoms with Gasteiger partial charge < -0.3 is 4.74 Å². The lowest BCUT2D eigenvalue weighted by Gasteiger charge is -2.14. The zero-order chi connectivity index (χ0) is 23.4. The quantitative estimate of drug-likeness (QED) is 0.328. The van der Waals surface area contributed by atoms with Crippen molar-refractivity contribution in [3.8, 4) is 0 Å². The number of rotatable bonds is 6.